The van der Waals surface area contributed by atoms with Gasteiger partial charge in [-0.2, -0.15) is 0 Å². The molecule has 0 radical (unpaired) electrons. The molecule has 0 spiro atoms. The van der Waals surface area contributed by atoms with Gasteiger partial charge >= 0.3 is 0 Å². The van der Waals surface area contributed by atoms with Crippen LogP contribution in [0, 0.1) is 18.6 Å². The zero-order valence-electron chi connectivity index (χ0n) is 11.4. The summed E-state index contributed by atoms with van der Waals surface area (Å²) in [5.74, 6) is -0.866. The molecule has 0 aromatic heterocycles. The summed E-state index contributed by atoms with van der Waals surface area (Å²) in [4.78, 5) is 0. The highest BCUT2D eigenvalue weighted by Crippen LogP contribution is 2.29. The summed E-state index contributed by atoms with van der Waals surface area (Å²) in [5.41, 5.74) is 10.1. The van der Waals surface area contributed by atoms with Crippen molar-refractivity contribution in [2.24, 2.45) is 5.73 Å². The van der Waals surface area contributed by atoms with Crippen LogP contribution >= 0.6 is 0 Å². The summed E-state index contributed by atoms with van der Waals surface area (Å²) >= 11 is 0. The van der Waals surface area contributed by atoms with Crippen molar-refractivity contribution in [2.45, 2.75) is 32.2 Å². The maximum Gasteiger partial charge on any atom is 0.128 e. The van der Waals surface area contributed by atoms with Gasteiger partial charge in [0.05, 0.1) is 6.04 Å². The average Bonchev–Trinajstić information content (AvgIpc) is 2.89. The van der Waals surface area contributed by atoms with Gasteiger partial charge < -0.3 is 5.73 Å². The molecule has 1 atom stereocenters. The monoisotopic (exact) mass is 273 g/mol. The molecule has 0 fully saturated rings. The molecular formula is C17H17F2N. The summed E-state index contributed by atoms with van der Waals surface area (Å²) in [6.45, 7) is 1.54. The molecule has 3 rings (SSSR count). The molecule has 0 aliphatic heterocycles. The van der Waals surface area contributed by atoms with Crippen LogP contribution in [0.15, 0.2) is 30.3 Å². The van der Waals surface area contributed by atoms with Crippen LogP contribution in [0.25, 0.3) is 0 Å². The van der Waals surface area contributed by atoms with Gasteiger partial charge in [-0.15, -0.1) is 0 Å². The van der Waals surface area contributed by atoms with E-state index < -0.39 is 17.7 Å². The highest BCUT2D eigenvalue weighted by molar-refractivity contribution is 5.41. The third-order valence-corrected chi connectivity index (χ3v) is 4.09. The molecule has 0 amide bonds. The first-order chi connectivity index (χ1) is 9.56. The summed E-state index contributed by atoms with van der Waals surface area (Å²) in [5, 5.41) is 0. The number of hydrogen-bond acceptors (Lipinski definition) is 1. The first-order valence-corrected chi connectivity index (χ1v) is 6.89. The van der Waals surface area contributed by atoms with E-state index in [1.165, 1.54) is 23.3 Å². The van der Waals surface area contributed by atoms with Crippen LogP contribution in [0.5, 0.6) is 0 Å². The van der Waals surface area contributed by atoms with Crippen LogP contribution in [0.1, 0.15) is 40.3 Å². The van der Waals surface area contributed by atoms with Gasteiger partial charge in [0.1, 0.15) is 11.6 Å². The Morgan fingerprint density at radius 3 is 2.55 bits per heavy atom. The van der Waals surface area contributed by atoms with Gasteiger partial charge in [0.2, 0.25) is 0 Å². The molecule has 20 heavy (non-hydrogen) atoms. The van der Waals surface area contributed by atoms with Crippen LogP contribution in [-0.2, 0) is 12.8 Å². The van der Waals surface area contributed by atoms with Crippen LogP contribution in [0.4, 0.5) is 8.78 Å². The standard InChI is InChI=1S/C17H17F2N/c1-10-7-16(19)14(9-15(10)18)17(20)13-6-5-11-3-2-4-12(11)8-13/h5-9,17H,2-4,20H2,1H3. The normalized spacial score (nSPS) is 15.2. The molecule has 1 aliphatic carbocycles. The number of aryl methyl sites for hydroxylation is 3. The summed E-state index contributed by atoms with van der Waals surface area (Å²) in [7, 11) is 0. The lowest BCUT2D eigenvalue weighted by Gasteiger charge is -2.15. The van der Waals surface area contributed by atoms with E-state index in [2.05, 4.69) is 6.07 Å². The summed E-state index contributed by atoms with van der Waals surface area (Å²) in [6.07, 6.45) is 3.29. The quantitative estimate of drug-likeness (QED) is 0.884. The number of nitrogens with two attached hydrogens (primary N) is 1. The van der Waals surface area contributed by atoms with E-state index in [9.17, 15) is 8.78 Å². The maximum absolute atomic E-state index is 14.0. The molecule has 0 saturated carbocycles. The molecule has 2 aromatic rings. The number of fused-ring (bicyclic) bond motifs is 1. The van der Waals surface area contributed by atoms with Gasteiger partial charge in [0.25, 0.3) is 0 Å². The van der Waals surface area contributed by atoms with Gasteiger partial charge in [-0.3, -0.25) is 0 Å². The third-order valence-electron chi connectivity index (χ3n) is 4.09. The Balaban J connectivity index is 2.00. The summed E-state index contributed by atoms with van der Waals surface area (Å²) in [6, 6.07) is 7.80. The zero-order valence-corrected chi connectivity index (χ0v) is 11.4. The van der Waals surface area contributed by atoms with E-state index >= 15 is 0 Å². The first kappa shape index (κ1) is 13.3. The molecule has 3 heteroatoms. The molecule has 2 N–H and O–H groups in total. The molecule has 2 aromatic carbocycles. The zero-order chi connectivity index (χ0) is 14.3. The highest BCUT2D eigenvalue weighted by atomic mass is 19.1. The molecule has 1 unspecified atom stereocenters. The SMILES string of the molecule is Cc1cc(F)c(C(N)c2ccc3c(c2)CCC3)cc1F. The minimum atomic E-state index is -0.629. The van der Waals surface area contributed by atoms with Crippen molar-refractivity contribution in [3.63, 3.8) is 0 Å². The Bertz CT molecular complexity index is 664. The number of benzene rings is 2. The minimum Gasteiger partial charge on any atom is -0.320 e. The molecule has 0 heterocycles. The van der Waals surface area contributed by atoms with Gasteiger partial charge in [-0.25, -0.2) is 8.78 Å². The number of hydrogen-bond donors (Lipinski definition) is 1. The fraction of sp³-hybridized carbons (Fsp3) is 0.294. The van der Waals surface area contributed by atoms with E-state index in [4.69, 9.17) is 5.73 Å². The predicted molar refractivity (Wildman–Crippen MR) is 75.6 cm³/mol. The van der Waals surface area contributed by atoms with Crippen LogP contribution in [0.2, 0.25) is 0 Å². The Labute approximate surface area is 117 Å². The van der Waals surface area contributed by atoms with E-state index in [-0.39, 0.29) is 5.56 Å². The Morgan fingerprint density at radius 2 is 1.75 bits per heavy atom. The molecule has 104 valence electrons. The van der Waals surface area contributed by atoms with Crippen LogP contribution < -0.4 is 5.73 Å². The van der Waals surface area contributed by atoms with Gasteiger partial charge in [0, 0.05) is 5.56 Å². The number of rotatable bonds is 2. The smallest absolute Gasteiger partial charge is 0.128 e. The summed E-state index contributed by atoms with van der Waals surface area (Å²) < 4.78 is 27.6. The van der Waals surface area contributed by atoms with E-state index in [0.717, 1.165) is 24.8 Å². The fourth-order valence-corrected chi connectivity index (χ4v) is 2.86. The maximum atomic E-state index is 14.0. The third kappa shape index (κ3) is 2.22. The molecule has 1 nitrogen and oxygen atoms in total. The topological polar surface area (TPSA) is 26.0 Å². The first-order valence-electron chi connectivity index (χ1n) is 6.89. The number of halogens is 2. The van der Waals surface area contributed by atoms with Crippen molar-refractivity contribution in [2.75, 3.05) is 0 Å². The second kappa shape index (κ2) is 4.98. The lowest BCUT2D eigenvalue weighted by molar-refractivity contribution is 0.570. The predicted octanol–water partition coefficient (Wildman–Crippen LogP) is 3.81. The van der Waals surface area contributed by atoms with Crippen LogP contribution in [-0.4, -0.2) is 0 Å². The Hall–Kier alpha value is -1.74. The van der Waals surface area contributed by atoms with Crippen molar-refractivity contribution in [1.82, 2.24) is 0 Å². The lowest BCUT2D eigenvalue weighted by atomic mass is 9.95. The van der Waals surface area contributed by atoms with Gasteiger partial charge in [-0.1, -0.05) is 18.2 Å². The second-order valence-corrected chi connectivity index (χ2v) is 5.48. The molecule has 0 saturated heterocycles. The highest BCUT2D eigenvalue weighted by Gasteiger charge is 2.18. The van der Waals surface area contributed by atoms with Crippen LogP contribution in [0.3, 0.4) is 0 Å². The second-order valence-electron chi connectivity index (χ2n) is 5.48. The van der Waals surface area contributed by atoms with E-state index in [0.29, 0.717) is 5.56 Å². The van der Waals surface area contributed by atoms with E-state index in [1.54, 1.807) is 6.92 Å². The van der Waals surface area contributed by atoms with Crippen molar-refractivity contribution >= 4 is 0 Å². The lowest BCUT2D eigenvalue weighted by Crippen LogP contribution is -2.14. The fourth-order valence-electron chi connectivity index (χ4n) is 2.86. The molecule has 0 bridgehead atoms. The van der Waals surface area contributed by atoms with Gasteiger partial charge in [0.15, 0.2) is 0 Å². The largest absolute Gasteiger partial charge is 0.320 e. The Kier molecular flexibility index (Phi) is 3.30. The van der Waals surface area contributed by atoms with Gasteiger partial charge in [-0.05, 0) is 60.6 Å². The molecular weight excluding hydrogens is 256 g/mol. The van der Waals surface area contributed by atoms with Crippen molar-refractivity contribution in [3.8, 4) is 0 Å². The van der Waals surface area contributed by atoms with E-state index in [1.807, 2.05) is 12.1 Å². The average molecular weight is 273 g/mol. The Morgan fingerprint density at radius 1 is 1.00 bits per heavy atom. The minimum absolute atomic E-state index is 0.214. The van der Waals surface area contributed by atoms with Crippen molar-refractivity contribution in [3.05, 3.63) is 69.8 Å². The van der Waals surface area contributed by atoms with Crippen molar-refractivity contribution in [1.29, 1.82) is 0 Å². The molecule has 1 aliphatic rings. The van der Waals surface area contributed by atoms with Crippen molar-refractivity contribution < 1.29 is 8.78 Å².